The van der Waals surface area contributed by atoms with Gasteiger partial charge in [-0.1, -0.05) is 17.8 Å². The third kappa shape index (κ3) is 2.39. The highest BCUT2D eigenvalue weighted by molar-refractivity contribution is 7.99. The zero-order valence-electron chi connectivity index (χ0n) is 10.5. The van der Waals surface area contributed by atoms with Crippen LogP contribution in [0, 0.1) is 6.92 Å². The van der Waals surface area contributed by atoms with Crippen LogP contribution in [0.1, 0.15) is 5.69 Å². The first kappa shape index (κ1) is 12.0. The number of aryl methyl sites for hydroxylation is 1. The normalized spacial score (nSPS) is 10.8. The van der Waals surface area contributed by atoms with E-state index in [-0.39, 0.29) is 0 Å². The molecule has 3 aromatic rings. The minimum Gasteiger partial charge on any atom is -0.398 e. The van der Waals surface area contributed by atoms with E-state index < -0.39 is 0 Å². The van der Waals surface area contributed by atoms with Crippen LogP contribution in [0.4, 0.5) is 5.69 Å². The molecule has 0 saturated heterocycles. The van der Waals surface area contributed by atoms with Crippen molar-refractivity contribution in [1.29, 1.82) is 0 Å². The van der Waals surface area contributed by atoms with Crippen molar-refractivity contribution in [3.63, 3.8) is 0 Å². The zero-order valence-corrected chi connectivity index (χ0v) is 11.3. The van der Waals surface area contributed by atoms with Crippen molar-refractivity contribution in [2.45, 2.75) is 16.8 Å². The summed E-state index contributed by atoms with van der Waals surface area (Å²) in [5.74, 6) is 0. The summed E-state index contributed by atoms with van der Waals surface area (Å²) in [6.45, 7) is 1.98. The van der Waals surface area contributed by atoms with Crippen LogP contribution in [0.3, 0.4) is 0 Å². The summed E-state index contributed by atoms with van der Waals surface area (Å²) in [5, 5.41) is 3.10. The average Bonchev–Trinajstić information content (AvgIpc) is 2.43. The van der Waals surface area contributed by atoms with Gasteiger partial charge in [0.25, 0.3) is 0 Å². The van der Waals surface area contributed by atoms with Crippen LogP contribution in [0.5, 0.6) is 0 Å². The molecule has 0 unspecified atom stereocenters. The SMILES string of the molecule is Cc1cc2c(Sc3ccccn3)ccc(N)c2cn1. The third-order valence-corrected chi connectivity index (χ3v) is 3.91. The van der Waals surface area contributed by atoms with Gasteiger partial charge in [-0.05, 0) is 37.3 Å². The highest BCUT2D eigenvalue weighted by Gasteiger charge is 2.07. The number of anilines is 1. The minimum absolute atomic E-state index is 0.757. The molecule has 0 fully saturated rings. The van der Waals surface area contributed by atoms with E-state index in [9.17, 15) is 0 Å². The Morgan fingerprint density at radius 3 is 2.74 bits per heavy atom. The molecule has 1 aromatic carbocycles. The molecule has 0 saturated carbocycles. The van der Waals surface area contributed by atoms with Gasteiger partial charge in [0.2, 0.25) is 0 Å². The van der Waals surface area contributed by atoms with E-state index in [4.69, 9.17) is 5.73 Å². The molecular formula is C15H13N3S. The van der Waals surface area contributed by atoms with Crippen LogP contribution in [-0.2, 0) is 0 Å². The van der Waals surface area contributed by atoms with Gasteiger partial charge in [0, 0.05) is 39.4 Å². The Labute approximate surface area is 115 Å². The molecule has 0 radical (unpaired) electrons. The lowest BCUT2D eigenvalue weighted by molar-refractivity contribution is 1.13. The van der Waals surface area contributed by atoms with Crippen molar-refractivity contribution in [1.82, 2.24) is 9.97 Å². The maximum Gasteiger partial charge on any atom is 0.101 e. The first-order valence-corrected chi connectivity index (χ1v) is 6.79. The Bertz CT molecular complexity index is 726. The first-order valence-electron chi connectivity index (χ1n) is 5.98. The van der Waals surface area contributed by atoms with Gasteiger partial charge in [-0.2, -0.15) is 0 Å². The lowest BCUT2D eigenvalue weighted by atomic mass is 10.1. The molecule has 0 aliphatic rings. The van der Waals surface area contributed by atoms with Crippen LogP contribution >= 0.6 is 11.8 Å². The molecule has 2 heterocycles. The molecular weight excluding hydrogens is 254 g/mol. The molecule has 94 valence electrons. The van der Waals surface area contributed by atoms with Gasteiger partial charge in [-0.15, -0.1) is 0 Å². The molecule has 0 amide bonds. The number of rotatable bonds is 2. The van der Waals surface area contributed by atoms with Crippen molar-refractivity contribution < 1.29 is 0 Å². The van der Waals surface area contributed by atoms with E-state index in [1.807, 2.05) is 43.5 Å². The highest BCUT2D eigenvalue weighted by Crippen LogP contribution is 2.34. The van der Waals surface area contributed by atoms with E-state index in [2.05, 4.69) is 16.0 Å². The van der Waals surface area contributed by atoms with Crippen molar-refractivity contribution in [3.05, 3.63) is 54.5 Å². The van der Waals surface area contributed by atoms with Gasteiger partial charge < -0.3 is 5.73 Å². The number of hydrogen-bond acceptors (Lipinski definition) is 4. The Morgan fingerprint density at radius 2 is 1.95 bits per heavy atom. The third-order valence-electron chi connectivity index (χ3n) is 2.88. The van der Waals surface area contributed by atoms with Crippen LogP contribution < -0.4 is 5.73 Å². The van der Waals surface area contributed by atoms with Crippen molar-refractivity contribution in [2.24, 2.45) is 0 Å². The van der Waals surface area contributed by atoms with E-state index in [1.54, 1.807) is 18.0 Å². The summed E-state index contributed by atoms with van der Waals surface area (Å²) in [5.41, 5.74) is 7.75. The fourth-order valence-electron chi connectivity index (χ4n) is 1.95. The quantitative estimate of drug-likeness (QED) is 0.720. The van der Waals surface area contributed by atoms with Gasteiger partial charge in [-0.25, -0.2) is 4.98 Å². The van der Waals surface area contributed by atoms with Crippen molar-refractivity contribution >= 4 is 28.2 Å². The van der Waals surface area contributed by atoms with Gasteiger partial charge in [0.15, 0.2) is 0 Å². The molecule has 2 aromatic heterocycles. The predicted octanol–water partition coefficient (Wildman–Crippen LogP) is 3.67. The summed E-state index contributed by atoms with van der Waals surface area (Å²) in [6, 6.07) is 11.9. The summed E-state index contributed by atoms with van der Waals surface area (Å²) < 4.78 is 0. The number of aromatic nitrogens is 2. The Kier molecular flexibility index (Phi) is 3.09. The smallest absolute Gasteiger partial charge is 0.101 e. The summed E-state index contributed by atoms with van der Waals surface area (Å²) in [7, 11) is 0. The number of nitrogens with two attached hydrogens (primary N) is 1. The summed E-state index contributed by atoms with van der Waals surface area (Å²) in [4.78, 5) is 9.80. The number of pyridine rings is 2. The predicted molar refractivity (Wildman–Crippen MR) is 79.3 cm³/mol. The second-order valence-electron chi connectivity index (χ2n) is 4.29. The molecule has 2 N–H and O–H groups in total. The largest absolute Gasteiger partial charge is 0.398 e. The van der Waals surface area contributed by atoms with Crippen LogP contribution in [0.2, 0.25) is 0 Å². The number of fused-ring (bicyclic) bond motifs is 1. The molecule has 4 heteroatoms. The van der Waals surface area contributed by atoms with E-state index in [1.165, 1.54) is 0 Å². The van der Waals surface area contributed by atoms with E-state index in [0.717, 1.165) is 32.1 Å². The van der Waals surface area contributed by atoms with E-state index >= 15 is 0 Å². The first-order chi connectivity index (χ1) is 9.24. The van der Waals surface area contributed by atoms with Gasteiger partial charge in [0.05, 0.1) is 0 Å². The van der Waals surface area contributed by atoms with Gasteiger partial charge in [0.1, 0.15) is 5.03 Å². The fourth-order valence-corrected chi connectivity index (χ4v) is 2.85. The Balaban J connectivity index is 2.13. The van der Waals surface area contributed by atoms with Crippen LogP contribution in [0.25, 0.3) is 10.8 Å². The second-order valence-corrected chi connectivity index (χ2v) is 5.36. The Morgan fingerprint density at radius 1 is 1.05 bits per heavy atom. The zero-order chi connectivity index (χ0) is 13.2. The molecule has 3 rings (SSSR count). The molecule has 19 heavy (non-hydrogen) atoms. The topological polar surface area (TPSA) is 51.8 Å². The summed E-state index contributed by atoms with van der Waals surface area (Å²) >= 11 is 1.64. The molecule has 0 aliphatic heterocycles. The molecule has 0 spiro atoms. The van der Waals surface area contributed by atoms with Gasteiger partial charge >= 0.3 is 0 Å². The lowest BCUT2D eigenvalue weighted by Crippen LogP contribution is -1.91. The van der Waals surface area contributed by atoms with Crippen LogP contribution in [0.15, 0.2) is 58.7 Å². The van der Waals surface area contributed by atoms with Crippen LogP contribution in [-0.4, -0.2) is 9.97 Å². The fraction of sp³-hybridized carbons (Fsp3) is 0.0667. The van der Waals surface area contributed by atoms with Crippen molar-refractivity contribution in [3.8, 4) is 0 Å². The molecule has 3 nitrogen and oxygen atoms in total. The molecule has 0 aliphatic carbocycles. The second kappa shape index (κ2) is 4.90. The van der Waals surface area contributed by atoms with Gasteiger partial charge in [-0.3, -0.25) is 4.98 Å². The summed E-state index contributed by atoms with van der Waals surface area (Å²) in [6.07, 6.45) is 3.64. The number of nitrogen functional groups attached to an aromatic ring is 1. The standard InChI is InChI=1S/C15H13N3S/c1-10-8-11-12(9-18-10)13(16)5-6-14(11)19-15-4-2-3-7-17-15/h2-9H,16H2,1H3. The number of benzene rings is 1. The number of hydrogen-bond donors (Lipinski definition) is 1. The highest BCUT2D eigenvalue weighted by atomic mass is 32.2. The maximum atomic E-state index is 6.00. The Hall–Kier alpha value is -2.07. The maximum absolute atomic E-state index is 6.00. The van der Waals surface area contributed by atoms with E-state index in [0.29, 0.717) is 0 Å². The molecule has 0 bridgehead atoms. The molecule has 0 atom stereocenters. The average molecular weight is 267 g/mol. The lowest BCUT2D eigenvalue weighted by Gasteiger charge is -2.08. The monoisotopic (exact) mass is 267 g/mol. The van der Waals surface area contributed by atoms with Crippen molar-refractivity contribution in [2.75, 3.05) is 5.73 Å². The number of nitrogens with zero attached hydrogens (tertiary/aromatic N) is 2. The minimum atomic E-state index is 0.757.